The zero-order chi connectivity index (χ0) is 13.4. The van der Waals surface area contributed by atoms with Crippen molar-refractivity contribution in [3.8, 4) is 0 Å². The average Bonchev–Trinajstić information content (AvgIpc) is 2.36. The molecule has 0 unspecified atom stereocenters. The molecular weight excluding hydrogens is 241 g/mol. The second-order valence-electron chi connectivity index (χ2n) is 3.57. The Hall–Kier alpha value is -1.99. The van der Waals surface area contributed by atoms with E-state index in [0.29, 0.717) is 13.1 Å². The van der Waals surface area contributed by atoms with E-state index in [2.05, 4.69) is 20.6 Å². The number of aromatic nitrogens is 2. The van der Waals surface area contributed by atoms with Gasteiger partial charge in [0.25, 0.3) is 0 Å². The van der Waals surface area contributed by atoms with E-state index in [0.717, 1.165) is 6.42 Å². The molecule has 0 amide bonds. The Labute approximate surface area is 104 Å². The highest BCUT2D eigenvalue weighted by Crippen LogP contribution is 2.28. The van der Waals surface area contributed by atoms with E-state index in [1.807, 2.05) is 6.92 Å². The molecule has 100 valence electrons. The predicted molar refractivity (Wildman–Crippen MR) is 66.5 cm³/mol. The number of rotatable bonds is 8. The Bertz CT molecular complexity index is 402. The van der Waals surface area contributed by atoms with Crippen LogP contribution in [0.1, 0.15) is 19.8 Å². The molecule has 7 nitrogen and oxygen atoms in total. The number of hydrogen-bond donors (Lipinski definition) is 2. The maximum atomic E-state index is 12.0. The molecule has 8 heteroatoms. The zero-order valence-electron chi connectivity index (χ0n) is 10.1. The van der Waals surface area contributed by atoms with Crippen molar-refractivity contribution in [1.82, 2.24) is 9.97 Å². The quantitative estimate of drug-likeness (QED) is 0.420. The van der Waals surface area contributed by atoms with E-state index >= 15 is 0 Å². The van der Waals surface area contributed by atoms with Crippen LogP contribution in [0.15, 0.2) is 6.33 Å². The predicted octanol–water partition coefficient (Wildman–Crippen LogP) is 1.98. The van der Waals surface area contributed by atoms with Gasteiger partial charge in [-0.25, -0.2) is 9.97 Å². The number of nitro groups is 1. The molecular formula is C10H16FN5O2. The van der Waals surface area contributed by atoms with Crippen LogP contribution in [0.4, 0.5) is 21.7 Å². The number of nitrogens with zero attached hydrogens (tertiary/aromatic N) is 3. The van der Waals surface area contributed by atoms with Crippen molar-refractivity contribution in [2.45, 2.75) is 19.8 Å². The minimum absolute atomic E-state index is 0.113. The van der Waals surface area contributed by atoms with Gasteiger partial charge >= 0.3 is 5.69 Å². The Morgan fingerprint density at radius 3 is 2.44 bits per heavy atom. The summed E-state index contributed by atoms with van der Waals surface area (Å²) in [5, 5.41) is 16.6. The van der Waals surface area contributed by atoms with Gasteiger partial charge in [0.2, 0.25) is 11.6 Å². The number of halogens is 1. The van der Waals surface area contributed by atoms with E-state index < -0.39 is 11.6 Å². The summed E-state index contributed by atoms with van der Waals surface area (Å²) in [5.41, 5.74) is -0.204. The van der Waals surface area contributed by atoms with Crippen LogP contribution in [-0.2, 0) is 0 Å². The Morgan fingerprint density at radius 1 is 1.33 bits per heavy atom. The van der Waals surface area contributed by atoms with Gasteiger partial charge in [-0.3, -0.25) is 14.5 Å². The number of hydrogen-bond acceptors (Lipinski definition) is 6. The van der Waals surface area contributed by atoms with Gasteiger partial charge in [0.05, 0.1) is 11.6 Å². The molecule has 18 heavy (non-hydrogen) atoms. The lowest BCUT2D eigenvalue weighted by molar-refractivity contribution is -0.383. The van der Waals surface area contributed by atoms with Crippen LogP contribution in [0.25, 0.3) is 0 Å². The van der Waals surface area contributed by atoms with Gasteiger partial charge in [-0.15, -0.1) is 0 Å². The molecule has 0 radical (unpaired) electrons. The Kier molecular flexibility index (Phi) is 5.75. The molecule has 0 aliphatic rings. The van der Waals surface area contributed by atoms with E-state index in [4.69, 9.17) is 0 Å². The highest BCUT2D eigenvalue weighted by Gasteiger charge is 2.22. The summed E-state index contributed by atoms with van der Waals surface area (Å²) in [7, 11) is 0. The normalized spacial score (nSPS) is 10.1. The van der Waals surface area contributed by atoms with Crippen molar-refractivity contribution in [2.24, 2.45) is 0 Å². The molecule has 1 aromatic rings. The fourth-order valence-electron chi connectivity index (χ4n) is 1.33. The molecule has 1 heterocycles. The van der Waals surface area contributed by atoms with Gasteiger partial charge in [-0.05, 0) is 12.8 Å². The van der Waals surface area contributed by atoms with E-state index in [1.54, 1.807) is 0 Å². The van der Waals surface area contributed by atoms with E-state index in [-0.39, 0.29) is 23.7 Å². The second kappa shape index (κ2) is 7.36. The molecule has 0 fully saturated rings. The lowest BCUT2D eigenvalue weighted by Gasteiger charge is -2.08. The standard InChI is InChI=1S/C10H16FN5O2/c1-2-5-12-9-8(16(17)18)10(15-7-14-9)13-6-3-4-11/h7H,2-6H2,1H3,(H2,12,13,14,15). The lowest BCUT2D eigenvalue weighted by atomic mass is 10.4. The molecule has 0 saturated heterocycles. The summed E-state index contributed by atoms with van der Waals surface area (Å²) in [6.07, 6.45) is 2.34. The van der Waals surface area contributed by atoms with Crippen LogP contribution in [0.2, 0.25) is 0 Å². The molecule has 0 aliphatic heterocycles. The first-order valence-electron chi connectivity index (χ1n) is 5.73. The van der Waals surface area contributed by atoms with Crippen molar-refractivity contribution >= 4 is 17.3 Å². The number of anilines is 2. The minimum atomic E-state index is -0.546. The van der Waals surface area contributed by atoms with Crippen LogP contribution in [0.3, 0.4) is 0 Å². The fraction of sp³-hybridized carbons (Fsp3) is 0.600. The van der Waals surface area contributed by atoms with Gasteiger partial charge in [0.1, 0.15) is 6.33 Å². The number of nitrogens with one attached hydrogen (secondary N) is 2. The zero-order valence-corrected chi connectivity index (χ0v) is 10.1. The third kappa shape index (κ3) is 3.79. The summed E-state index contributed by atoms with van der Waals surface area (Å²) >= 11 is 0. The topological polar surface area (TPSA) is 93.0 Å². The molecule has 1 rings (SSSR count). The molecule has 0 aliphatic carbocycles. The van der Waals surface area contributed by atoms with Gasteiger partial charge in [0.15, 0.2) is 0 Å². The Balaban J connectivity index is 2.90. The van der Waals surface area contributed by atoms with E-state index in [1.165, 1.54) is 6.33 Å². The molecule has 1 aromatic heterocycles. The largest absolute Gasteiger partial charge is 0.364 e. The molecule has 0 atom stereocenters. The molecule has 0 bridgehead atoms. The minimum Gasteiger partial charge on any atom is -0.364 e. The first-order valence-corrected chi connectivity index (χ1v) is 5.73. The second-order valence-corrected chi connectivity index (χ2v) is 3.57. The molecule has 0 aromatic carbocycles. The van der Waals surface area contributed by atoms with Crippen LogP contribution in [-0.4, -0.2) is 34.7 Å². The van der Waals surface area contributed by atoms with Crippen molar-refractivity contribution in [2.75, 3.05) is 30.4 Å². The Morgan fingerprint density at radius 2 is 1.94 bits per heavy atom. The van der Waals surface area contributed by atoms with Gasteiger partial charge in [-0.1, -0.05) is 6.92 Å². The molecule has 2 N–H and O–H groups in total. The van der Waals surface area contributed by atoms with Gasteiger partial charge in [0, 0.05) is 13.1 Å². The van der Waals surface area contributed by atoms with Crippen LogP contribution in [0.5, 0.6) is 0 Å². The van der Waals surface area contributed by atoms with Crippen molar-refractivity contribution in [3.63, 3.8) is 0 Å². The van der Waals surface area contributed by atoms with Gasteiger partial charge < -0.3 is 10.6 Å². The highest BCUT2D eigenvalue weighted by molar-refractivity contribution is 5.69. The SMILES string of the molecule is CCCNc1ncnc(NCCCF)c1[N+](=O)[O-]. The van der Waals surface area contributed by atoms with E-state index in [9.17, 15) is 14.5 Å². The third-order valence-electron chi connectivity index (χ3n) is 2.15. The lowest BCUT2D eigenvalue weighted by Crippen LogP contribution is -2.11. The maximum absolute atomic E-state index is 12.0. The molecule has 0 spiro atoms. The average molecular weight is 257 g/mol. The first-order chi connectivity index (χ1) is 8.70. The van der Waals surface area contributed by atoms with Crippen LogP contribution < -0.4 is 10.6 Å². The van der Waals surface area contributed by atoms with Gasteiger partial charge in [-0.2, -0.15) is 0 Å². The summed E-state index contributed by atoms with van der Waals surface area (Å²) < 4.78 is 12.0. The third-order valence-corrected chi connectivity index (χ3v) is 2.15. The smallest absolute Gasteiger partial charge is 0.353 e. The molecule has 0 saturated carbocycles. The van der Waals surface area contributed by atoms with Crippen molar-refractivity contribution in [3.05, 3.63) is 16.4 Å². The summed E-state index contributed by atoms with van der Waals surface area (Å²) in [6, 6.07) is 0. The summed E-state index contributed by atoms with van der Waals surface area (Å²) in [6.45, 7) is 2.34. The highest BCUT2D eigenvalue weighted by atomic mass is 19.1. The van der Waals surface area contributed by atoms with Crippen molar-refractivity contribution < 1.29 is 9.31 Å². The summed E-state index contributed by atoms with van der Waals surface area (Å²) in [4.78, 5) is 18.1. The maximum Gasteiger partial charge on any atom is 0.353 e. The van der Waals surface area contributed by atoms with Crippen molar-refractivity contribution in [1.29, 1.82) is 0 Å². The summed E-state index contributed by atoms with van der Waals surface area (Å²) in [5.74, 6) is 0.293. The van der Waals surface area contributed by atoms with Crippen LogP contribution >= 0.6 is 0 Å². The number of alkyl halides is 1. The van der Waals surface area contributed by atoms with Crippen LogP contribution in [0, 0.1) is 10.1 Å². The first kappa shape index (κ1) is 14.1. The monoisotopic (exact) mass is 257 g/mol. The fourth-order valence-corrected chi connectivity index (χ4v) is 1.33.